The second kappa shape index (κ2) is 5.64. The Labute approximate surface area is 111 Å². The maximum atomic E-state index is 3.54. The van der Waals surface area contributed by atoms with Gasteiger partial charge in [-0.1, -0.05) is 26.8 Å². The lowest BCUT2D eigenvalue weighted by molar-refractivity contribution is 0.390. The van der Waals surface area contributed by atoms with E-state index in [9.17, 15) is 0 Å². The van der Waals surface area contributed by atoms with E-state index in [2.05, 4.69) is 55.3 Å². The van der Waals surface area contributed by atoms with E-state index in [0.717, 1.165) is 6.54 Å². The maximum Gasteiger partial charge on any atom is 0.0386 e. The standard InChI is InChI=1S/C16H26N2/c1-16(2,3)9-10-17-14-7-6-8-15(13-14)18-11-4-5-12-18/h6-8,13,17H,4-5,9-12H2,1-3H3. The van der Waals surface area contributed by atoms with Gasteiger partial charge in [0, 0.05) is 31.0 Å². The third kappa shape index (κ3) is 3.94. The number of rotatable bonds is 4. The van der Waals surface area contributed by atoms with Crippen LogP contribution in [0, 0.1) is 5.41 Å². The van der Waals surface area contributed by atoms with Gasteiger partial charge >= 0.3 is 0 Å². The van der Waals surface area contributed by atoms with Crippen molar-refractivity contribution in [2.75, 3.05) is 29.9 Å². The zero-order valence-electron chi connectivity index (χ0n) is 12.0. The first-order valence-electron chi connectivity index (χ1n) is 7.13. The molecule has 1 saturated heterocycles. The van der Waals surface area contributed by atoms with Crippen LogP contribution in [-0.2, 0) is 0 Å². The van der Waals surface area contributed by atoms with E-state index in [4.69, 9.17) is 0 Å². The van der Waals surface area contributed by atoms with E-state index >= 15 is 0 Å². The van der Waals surface area contributed by atoms with Crippen molar-refractivity contribution in [1.82, 2.24) is 0 Å². The summed E-state index contributed by atoms with van der Waals surface area (Å²) in [5, 5.41) is 3.54. The van der Waals surface area contributed by atoms with E-state index < -0.39 is 0 Å². The lowest BCUT2D eigenvalue weighted by Gasteiger charge is -2.20. The summed E-state index contributed by atoms with van der Waals surface area (Å²) >= 11 is 0. The molecule has 100 valence electrons. The van der Waals surface area contributed by atoms with Gasteiger partial charge in [0.05, 0.1) is 0 Å². The number of nitrogens with zero attached hydrogens (tertiary/aromatic N) is 1. The zero-order chi connectivity index (χ0) is 13.0. The van der Waals surface area contributed by atoms with Crippen LogP contribution >= 0.6 is 0 Å². The minimum absolute atomic E-state index is 0.402. The van der Waals surface area contributed by atoms with Crippen LogP contribution in [-0.4, -0.2) is 19.6 Å². The van der Waals surface area contributed by atoms with Crippen LogP contribution in [0.25, 0.3) is 0 Å². The Kier molecular flexibility index (Phi) is 4.15. The van der Waals surface area contributed by atoms with Gasteiger partial charge in [0.2, 0.25) is 0 Å². The number of benzene rings is 1. The highest BCUT2D eigenvalue weighted by atomic mass is 15.1. The minimum atomic E-state index is 0.402. The van der Waals surface area contributed by atoms with E-state index in [1.807, 2.05) is 0 Å². The topological polar surface area (TPSA) is 15.3 Å². The summed E-state index contributed by atoms with van der Waals surface area (Å²) in [6.45, 7) is 10.3. The molecule has 0 aromatic heterocycles. The monoisotopic (exact) mass is 246 g/mol. The summed E-state index contributed by atoms with van der Waals surface area (Å²) < 4.78 is 0. The molecule has 2 nitrogen and oxygen atoms in total. The molecule has 1 aromatic rings. The average molecular weight is 246 g/mol. The zero-order valence-corrected chi connectivity index (χ0v) is 12.0. The van der Waals surface area contributed by atoms with Crippen molar-refractivity contribution in [3.05, 3.63) is 24.3 Å². The van der Waals surface area contributed by atoms with Crippen molar-refractivity contribution in [2.24, 2.45) is 5.41 Å². The Balaban J connectivity index is 1.91. The largest absolute Gasteiger partial charge is 0.385 e. The molecule has 1 aliphatic rings. The molecule has 18 heavy (non-hydrogen) atoms. The third-order valence-corrected chi connectivity index (χ3v) is 3.52. The maximum absolute atomic E-state index is 3.54. The van der Waals surface area contributed by atoms with Crippen LogP contribution in [0.5, 0.6) is 0 Å². The fourth-order valence-corrected chi connectivity index (χ4v) is 2.37. The van der Waals surface area contributed by atoms with E-state index in [1.54, 1.807) is 0 Å². The van der Waals surface area contributed by atoms with Crippen molar-refractivity contribution in [3.63, 3.8) is 0 Å². The van der Waals surface area contributed by atoms with E-state index in [1.165, 1.54) is 43.7 Å². The van der Waals surface area contributed by atoms with Gasteiger partial charge in [0.25, 0.3) is 0 Å². The van der Waals surface area contributed by atoms with Crippen molar-refractivity contribution >= 4 is 11.4 Å². The normalized spacial score (nSPS) is 16.1. The molecule has 0 radical (unpaired) electrons. The fourth-order valence-electron chi connectivity index (χ4n) is 2.37. The van der Waals surface area contributed by atoms with Crippen LogP contribution in [0.2, 0.25) is 0 Å². The second-order valence-corrected chi connectivity index (χ2v) is 6.48. The second-order valence-electron chi connectivity index (χ2n) is 6.48. The molecule has 0 unspecified atom stereocenters. The number of hydrogen-bond donors (Lipinski definition) is 1. The molecule has 0 spiro atoms. The molecule has 1 fully saturated rings. The number of hydrogen-bond acceptors (Lipinski definition) is 2. The van der Waals surface area contributed by atoms with Crippen LogP contribution in [0.15, 0.2) is 24.3 Å². The Morgan fingerprint density at radius 3 is 2.56 bits per heavy atom. The van der Waals surface area contributed by atoms with Gasteiger partial charge in [0.15, 0.2) is 0 Å². The molecule has 1 aromatic carbocycles. The summed E-state index contributed by atoms with van der Waals surface area (Å²) in [5.41, 5.74) is 3.02. The third-order valence-electron chi connectivity index (χ3n) is 3.52. The quantitative estimate of drug-likeness (QED) is 0.859. The Bertz CT molecular complexity index is 373. The predicted molar refractivity (Wildman–Crippen MR) is 80.5 cm³/mol. The summed E-state index contributed by atoms with van der Waals surface area (Å²) in [5.74, 6) is 0. The predicted octanol–water partition coefficient (Wildman–Crippen LogP) is 4.13. The highest BCUT2D eigenvalue weighted by Crippen LogP contribution is 2.24. The van der Waals surface area contributed by atoms with Gasteiger partial charge in [-0.3, -0.25) is 0 Å². The van der Waals surface area contributed by atoms with E-state index in [0.29, 0.717) is 5.41 Å². The van der Waals surface area contributed by atoms with Gasteiger partial charge in [-0.05, 0) is 42.9 Å². The van der Waals surface area contributed by atoms with Gasteiger partial charge in [-0.25, -0.2) is 0 Å². The lowest BCUT2D eigenvalue weighted by atomic mass is 9.92. The molecule has 1 aliphatic heterocycles. The van der Waals surface area contributed by atoms with Crippen molar-refractivity contribution in [2.45, 2.75) is 40.0 Å². The molecule has 0 bridgehead atoms. The molecule has 0 amide bonds. The Hall–Kier alpha value is -1.18. The van der Waals surface area contributed by atoms with E-state index in [-0.39, 0.29) is 0 Å². The summed E-state index contributed by atoms with van der Waals surface area (Å²) in [4.78, 5) is 2.48. The summed E-state index contributed by atoms with van der Waals surface area (Å²) in [6.07, 6.45) is 3.87. The molecular formula is C16H26N2. The first kappa shape index (κ1) is 13.3. The highest BCUT2D eigenvalue weighted by Gasteiger charge is 2.12. The van der Waals surface area contributed by atoms with Gasteiger partial charge in [-0.15, -0.1) is 0 Å². The molecule has 0 atom stereocenters. The Morgan fingerprint density at radius 1 is 1.17 bits per heavy atom. The van der Waals surface area contributed by atoms with Gasteiger partial charge < -0.3 is 10.2 Å². The van der Waals surface area contributed by atoms with Crippen LogP contribution in [0.3, 0.4) is 0 Å². The van der Waals surface area contributed by atoms with Gasteiger partial charge in [-0.2, -0.15) is 0 Å². The fraction of sp³-hybridized carbons (Fsp3) is 0.625. The minimum Gasteiger partial charge on any atom is -0.385 e. The van der Waals surface area contributed by atoms with Crippen LogP contribution in [0.4, 0.5) is 11.4 Å². The van der Waals surface area contributed by atoms with Gasteiger partial charge in [0.1, 0.15) is 0 Å². The van der Waals surface area contributed by atoms with Crippen LogP contribution < -0.4 is 10.2 Å². The molecule has 1 heterocycles. The summed E-state index contributed by atoms with van der Waals surface area (Å²) in [6, 6.07) is 8.84. The Morgan fingerprint density at radius 2 is 1.89 bits per heavy atom. The average Bonchev–Trinajstić information content (AvgIpc) is 2.81. The van der Waals surface area contributed by atoms with Crippen molar-refractivity contribution < 1.29 is 0 Å². The van der Waals surface area contributed by atoms with Crippen molar-refractivity contribution in [1.29, 1.82) is 0 Å². The molecule has 0 aliphatic carbocycles. The molecule has 0 saturated carbocycles. The molecular weight excluding hydrogens is 220 g/mol. The first-order chi connectivity index (χ1) is 8.54. The van der Waals surface area contributed by atoms with Crippen LogP contribution in [0.1, 0.15) is 40.0 Å². The molecule has 2 rings (SSSR count). The molecule has 2 heteroatoms. The van der Waals surface area contributed by atoms with Crippen molar-refractivity contribution in [3.8, 4) is 0 Å². The number of nitrogens with one attached hydrogen (secondary N) is 1. The smallest absolute Gasteiger partial charge is 0.0386 e. The first-order valence-corrected chi connectivity index (χ1v) is 7.13. The lowest BCUT2D eigenvalue weighted by Crippen LogP contribution is -2.18. The SMILES string of the molecule is CC(C)(C)CCNc1cccc(N2CCCC2)c1. The summed E-state index contributed by atoms with van der Waals surface area (Å²) in [7, 11) is 0. The number of anilines is 2. The molecule has 1 N–H and O–H groups in total. The highest BCUT2D eigenvalue weighted by molar-refractivity contribution is 5.58.